The number of nitrogens with zero attached hydrogens (tertiary/aromatic N) is 4. The highest BCUT2D eigenvalue weighted by Crippen LogP contribution is 2.23. The van der Waals surface area contributed by atoms with Crippen LogP contribution in [-0.4, -0.2) is 32.6 Å². The van der Waals surface area contributed by atoms with Crippen LogP contribution in [0.2, 0.25) is 0 Å². The summed E-state index contributed by atoms with van der Waals surface area (Å²) in [5.41, 5.74) is 2.05. The topological polar surface area (TPSA) is 94.0 Å². The molecule has 0 atom stereocenters. The molecule has 3 rings (SSSR count). The van der Waals surface area contributed by atoms with Crippen molar-refractivity contribution in [2.45, 2.75) is 13.5 Å². The number of carbonyl (C=O) groups excluding carboxylic acids is 1. The Kier molecular flexibility index (Phi) is 5.20. The molecular formula is C17H18N6O2. The number of nitrogens with one attached hydrogen (secondary N) is 2. The van der Waals surface area contributed by atoms with E-state index in [9.17, 15) is 4.79 Å². The number of hydrogen-bond acceptors (Lipinski definition) is 5. The number of aromatic nitrogens is 4. The number of rotatable bonds is 6. The molecule has 0 bridgehead atoms. The van der Waals surface area contributed by atoms with Gasteiger partial charge in [0.1, 0.15) is 11.4 Å². The normalized spacial score (nSPS) is 10.3. The highest BCUT2D eigenvalue weighted by atomic mass is 16.5. The van der Waals surface area contributed by atoms with Crippen molar-refractivity contribution in [3.63, 3.8) is 0 Å². The number of anilines is 1. The van der Waals surface area contributed by atoms with Crippen molar-refractivity contribution in [3.05, 3.63) is 60.7 Å². The van der Waals surface area contributed by atoms with Gasteiger partial charge in [0.2, 0.25) is 0 Å². The molecule has 0 aliphatic carbocycles. The number of urea groups is 1. The number of hydrogen-bond donors (Lipinski definition) is 2. The van der Waals surface area contributed by atoms with E-state index >= 15 is 0 Å². The molecule has 0 saturated heterocycles. The molecule has 0 spiro atoms. The summed E-state index contributed by atoms with van der Waals surface area (Å²) in [5.74, 6) is 0.627. The van der Waals surface area contributed by atoms with Crippen LogP contribution in [0, 0.1) is 0 Å². The van der Waals surface area contributed by atoms with Gasteiger partial charge in [-0.3, -0.25) is 4.98 Å². The largest absolute Gasteiger partial charge is 0.492 e. The summed E-state index contributed by atoms with van der Waals surface area (Å²) >= 11 is 0. The predicted molar refractivity (Wildman–Crippen MR) is 92.6 cm³/mol. The summed E-state index contributed by atoms with van der Waals surface area (Å²) in [7, 11) is 0. The van der Waals surface area contributed by atoms with E-state index in [-0.39, 0.29) is 12.6 Å². The number of ether oxygens (including phenoxy) is 1. The SMILES string of the molecule is CCOc1ccccc1NC(=O)NCc1cn(-c2cccnc2)nn1. The average Bonchev–Trinajstić information content (AvgIpc) is 3.12. The molecule has 2 aromatic heterocycles. The first-order valence-corrected chi connectivity index (χ1v) is 7.84. The lowest BCUT2D eigenvalue weighted by atomic mass is 10.3. The molecule has 0 fully saturated rings. The van der Waals surface area contributed by atoms with Crippen LogP contribution in [0.15, 0.2) is 55.0 Å². The maximum atomic E-state index is 12.1. The van der Waals surface area contributed by atoms with Crippen LogP contribution in [-0.2, 0) is 6.54 Å². The van der Waals surface area contributed by atoms with E-state index in [4.69, 9.17) is 4.74 Å². The third kappa shape index (κ3) is 4.31. The number of para-hydroxylation sites is 2. The van der Waals surface area contributed by atoms with Gasteiger partial charge in [0.05, 0.1) is 36.9 Å². The summed E-state index contributed by atoms with van der Waals surface area (Å²) in [4.78, 5) is 16.1. The van der Waals surface area contributed by atoms with Gasteiger partial charge in [-0.1, -0.05) is 17.3 Å². The lowest BCUT2D eigenvalue weighted by Crippen LogP contribution is -2.28. The van der Waals surface area contributed by atoms with E-state index in [0.29, 0.717) is 23.7 Å². The number of benzene rings is 1. The van der Waals surface area contributed by atoms with Gasteiger partial charge in [-0.2, -0.15) is 0 Å². The van der Waals surface area contributed by atoms with E-state index in [1.54, 1.807) is 35.4 Å². The van der Waals surface area contributed by atoms with Gasteiger partial charge in [-0.15, -0.1) is 5.10 Å². The lowest BCUT2D eigenvalue weighted by Gasteiger charge is -2.11. The first kappa shape index (κ1) is 16.4. The molecule has 25 heavy (non-hydrogen) atoms. The smallest absolute Gasteiger partial charge is 0.319 e. The van der Waals surface area contributed by atoms with E-state index in [1.165, 1.54) is 0 Å². The molecule has 8 nitrogen and oxygen atoms in total. The van der Waals surface area contributed by atoms with Crippen molar-refractivity contribution >= 4 is 11.7 Å². The zero-order chi connectivity index (χ0) is 17.5. The number of carbonyl (C=O) groups is 1. The maximum Gasteiger partial charge on any atom is 0.319 e. The standard InChI is InChI=1S/C17H18N6O2/c1-2-25-16-8-4-3-7-15(16)20-17(24)19-10-13-12-23(22-21-13)14-6-5-9-18-11-14/h3-9,11-12H,2,10H2,1H3,(H2,19,20,24). The predicted octanol–water partition coefficient (Wildman–Crippen LogP) is 2.38. The van der Waals surface area contributed by atoms with Crippen LogP contribution >= 0.6 is 0 Å². The van der Waals surface area contributed by atoms with Crippen LogP contribution in [0.1, 0.15) is 12.6 Å². The highest BCUT2D eigenvalue weighted by Gasteiger charge is 2.08. The summed E-state index contributed by atoms with van der Waals surface area (Å²) in [6.07, 6.45) is 5.11. The zero-order valence-corrected chi connectivity index (χ0v) is 13.7. The Hall–Kier alpha value is -3.42. The van der Waals surface area contributed by atoms with Crippen LogP contribution < -0.4 is 15.4 Å². The van der Waals surface area contributed by atoms with Gasteiger partial charge in [-0.25, -0.2) is 9.48 Å². The molecule has 0 radical (unpaired) electrons. The molecule has 2 heterocycles. The fourth-order valence-corrected chi connectivity index (χ4v) is 2.18. The molecule has 0 aliphatic rings. The van der Waals surface area contributed by atoms with Gasteiger partial charge in [-0.05, 0) is 31.2 Å². The van der Waals surface area contributed by atoms with Crippen molar-refractivity contribution < 1.29 is 9.53 Å². The Labute approximate surface area is 144 Å². The number of amides is 2. The molecule has 0 unspecified atom stereocenters. The van der Waals surface area contributed by atoms with E-state index in [1.807, 2.05) is 31.2 Å². The quantitative estimate of drug-likeness (QED) is 0.720. The Morgan fingerprint density at radius 3 is 2.92 bits per heavy atom. The van der Waals surface area contributed by atoms with E-state index < -0.39 is 0 Å². The minimum absolute atomic E-state index is 0.253. The second kappa shape index (κ2) is 7.91. The number of pyridine rings is 1. The second-order valence-corrected chi connectivity index (χ2v) is 5.10. The third-order valence-corrected chi connectivity index (χ3v) is 3.32. The summed E-state index contributed by atoms with van der Waals surface area (Å²) in [5, 5.41) is 13.6. The second-order valence-electron chi connectivity index (χ2n) is 5.10. The molecule has 1 aromatic carbocycles. The van der Waals surface area contributed by atoms with Gasteiger partial charge in [0.25, 0.3) is 0 Å². The molecular weight excluding hydrogens is 320 g/mol. The average molecular weight is 338 g/mol. The van der Waals surface area contributed by atoms with Crippen molar-refractivity contribution in [2.75, 3.05) is 11.9 Å². The van der Waals surface area contributed by atoms with Crippen molar-refractivity contribution in [1.29, 1.82) is 0 Å². The third-order valence-electron chi connectivity index (χ3n) is 3.32. The molecule has 2 N–H and O–H groups in total. The maximum absolute atomic E-state index is 12.1. The minimum Gasteiger partial charge on any atom is -0.492 e. The minimum atomic E-state index is -0.344. The fraction of sp³-hybridized carbons (Fsp3) is 0.176. The van der Waals surface area contributed by atoms with E-state index in [2.05, 4.69) is 25.9 Å². The highest BCUT2D eigenvalue weighted by molar-refractivity contribution is 5.90. The molecule has 128 valence electrons. The Morgan fingerprint density at radius 2 is 2.12 bits per heavy atom. The molecule has 2 amide bonds. The molecule has 3 aromatic rings. The molecule has 0 saturated carbocycles. The first-order valence-electron chi connectivity index (χ1n) is 7.84. The Morgan fingerprint density at radius 1 is 1.24 bits per heavy atom. The van der Waals surface area contributed by atoms with Gasteiger partial charge in [0.15, 0.2) is 0 Å². The van der Waals surface area contributed by atoms with Crippen molar-refractivity contribution in [1.82, 2.24) is 25.3 Å². The van der Waals surface area contributed by atoms with Crippen molar-refractivity contribution in [3.8, 4) is 11.4 Å². The monoisotopic (exact) mass is 338 g/mol. The van der Waals surface area contributed by atoms with Gasteiger partial charge >= 0.3 is 6.03 Å². The fourth-order valence-electron chi connectivity index (χ4n) is 2.18. The Bertz CT molecular complexity index is 834. The van der Waals surface area contributed by atoms with Crippen LogP contribution in [0.4, 0.5) is 10.5 Å². The Balaban J connectivity index is 1.57. The zero-order valence-electron chi connectivity index (χ0n) is 13.7. The van der Waals surface area contributed by atoms with Crippen LogP contribution in [0.3, 0.4) is 0 Å². The molecule has 0 aliphatic heterocycles. The lowest BCUT2D eigenvalue weighted by molar-refractivity contribution is 0.251. The molecule has 8 heteroatoms. The van der Waals surface area contributed by atoms with Crippen LogP contribution in [0.5, 0.6) is 5.75 Å². The summed E-state index contributed by atoms with van der Waals surface area (Å²) < 4.78 is 7.08. The summed E-state index contributed by atoms with van der Waals surface area (Å²) in [6, 6.07) is 10.6. The first-order chi connectivity index (χ1) is 12.3. The van der Waals surface area contributed by atoms with Gasteiger partial charge < -0.3 is 15.4 Å². The summed E-state index contributed by atoms with van der Waals surface area (Å²) in [6.45, 7) is 2.67. The van der Waals surface area contributed by atoms with Crippen LogP contribution in [0.25, 0.3) is 5.69 Å². The van der Waals surface area contributed by atoms with E-state index in [0.717, 1.165) is 5.69 Å². The van der Waals surface area contributed by atoms with Crippen molar-refractivity contribution in [2.24, 2.45) is 0 Å². The van der Waals surface area contributed by atoms with Gasteiger partial charge in [0, 0.05) is 6.20 Å².